The summed E-state index contributed by atoms with van der Waals surface area (Å²) >= 11 is 0. The lowest BCUT2D eigenvalue weighted by molar-refractivity contribution is 0.381. The molecule has 0 N–H and O–H groups in total. The minimum absolute atomic E-state index is 0.113. The van der Waals surface area contributed by atoms with E-state index in [2.05, 4.69) is 147 Å². The first-order valence-corrected chi connectivity index (χ1v) is 18.7. The molecule has 0 amide bonds. The number of fused-ring (bicyclic) bond motifs is 2. The van der Waals surface area contributed by atoms with Crippen molar-refractivity contribution in [2.24, 2.45) is 0 Å². The van der Waals surface area contributed by atoms with Crippen LogP contribution in [0, 0.1) is 0 Å². The van der Waals surface area contributed by atoms with Crippen molar-refractivity contribution in [1.29, 1.82) is 0 Å². The monoisotopic (exact) mass is 678 g/mol. The number of rotatable bonds is 8. The molecule has 0 atom stereocenters. The highest BCUT2D eigenvalue weighted by molar-refractivity contribution is 7.49. The summed E-state index contributed by atoms with van der Waals surface area (Å²) < 4.78 is 29.8. The van der Waals surface area contributed by atoms with Crippen molar-refractivity contribution in [3.05, 3.63) is 145 Å². The molecule has 9 heteroatoms. The third-order valence-corrected chi connectivity index (χ3v) is 12.3. The molecule has 5 heterocycles. The molecule has 0 fully saturated rings. The maximum absolute atomic E-state index is 7.12. The Bertz CT molecular complexity index is 1790. The topological polar surface area (TPSA) is 47.4 Å². The number of ether oxygens (including phenoxy) is 1. The first-order valence-electron chi connectivity index (χ1n) is 16.4. The zero-order chi connectivity index (χ0) is 33.8. The van der Waals surface area contributed by atoms with Crippen LogP contribution in [0.4, 0.5) is 0 Å². The van der Waals surface area contributed by atoms with Gasteiger partial charge in [0.25, 0.3) is 0 Å². The molecular formula is C39H44N4O3P2. The molecular weight excluding hydrogens is 634 g/mol. The van der Waals surface area contributed by atoms with E-state index in [0.717, 1.165) is 22.6 Å². The van der Waals surface area contributed by atoms with Crippen molar-refractivity contribution < 1.29 is 13.8 Å². The van der Waals surface area contributed by atoms with E-state index >= 15 is 0 Å². The van der Waals surface area contributed by atoms with E-state index in [0.29, 0.717) is 11.5 Å². The molecule has 0 bridgehead atoms. The molecule has 0 saturated carbocycles. The highest BCUT2D eigenvalue weighted by Crippen LogP contribution is 2.59. The van der Waals surface area contributed by atoms with Gasteiger partial charge in [-0.05, 0) is 82.6 Å². The third-order valence-electron chi connectivity index (χ3n) is 8.90. The van der Waals surface area contributed by atoms with E-state index < -0.39 is 22.3 Å². The van der Waals surface area contributed by atoms with Crippen LogP contribution in [0.2, 0.25) is 0 Å². The van der Waals surface area contributed by atoms with Crippen LogP contribution in [0.25, 0.3) is 0 Å². The second kappa shape index (κ2) is 12.1. The molecule has 1 aliphatic rings. The highest BCUT2D eigenvalue weighted by Gasteiger charge is 2.41. The average molecular weight is 679 g/mol. The van der Waals surface area contributed by atoms with Gasteiger partial charge in [-0.3, -0.25) is 17.4 Å². The second-order valence-electron chi connectivity index (χ2n) is 14.9. The number of nitrogens with zero attached hydrogens (tertiary/aromatic N) is 4. The molecule has 0 unspecified atom stereocenters. The fraction of sp³-hybridized carbons (Fsp3) is 0.282. The minimum Gasteiger partial charge on any atom is -0.449 e. The summed E-state index contributed by atoms with van der Waals surface area (Å²) in [6.07, 6.45) is 16.4. The molecule has 6 aromatic rings. The van der Waals surface area contributed by atoms with Crippen molar-refractivity contribution in [1.82, 2.24) is 17.4 Å². The van der Waals surface area contributed by atoms with Crippen molar-refractivity contribution >= 4 is 16.9 Å². The smallest absolute Gasteiger partial charge is 0.317 e. The van der Waals surface area contributed by atoms with Crippen LogP contribution in [-0.2, 0) is 16.2 Å². The minimum atomic E-state index is -1.29. The van der Waals surface area contributed by atoms with Crippen molar-refractivity contribution in [2.45, 2.75) is 71.6 Å². The molecule has 0 spiro atoms. The van der Waals surface area contributed by atoms with E-state index in [1.54, 1.807) is 0 Å². The number of hydrogen-bond acceptors (Lipinski definition) is 3. The summed E-state index contributed by atoms with van der Waals surface area (Å²) in [5.74, 6) is 2.89. The quantitative estimate of drug-likeness (QED) is 0.151. The predicted octanol–water partition coefficient (Wildman–Crippen LogP) is 11.3. The standard InChI is InChI=1S/C39H44N4O3P2/c1-37(2,3)29-25-31-35(33(27-29)45-47(40-17-9-10-18-40)41-19-11-12-20-41)44-36-32(39(31,7)8)26-30(38(4,5)6)28-34(36)46-48(42-21-13-14-22-42)43-23-15-16-24-43/h9-28H,1-8H3. The van der Waals surface area contributed by atoms with Crippen LogP contribution < -0.4 is 13.8 Å². The number of aromatic nitrogens is 4. The van der Waals surface area contributed by atoms with Gasteiger partial charge >= 0.3 is 16.9 Å². The van der Waals surface area contributed by atoms with Gasteiger partial charge < -0.3 is 13.8 Å². The van der Waals surface area contributed by atoms with Crippen molar-refractivity contribution in [3.8, 4) is 23.0 Å². The SMILES string of the molecule is CC(C)(C)c1cc(OP(n2cccc2)n2cccc2)c2c(c1)C(C)(C)c1cc(C(C)(C)C)cc(OP(n3cccc3)n3cccc3)c1O2. The van der Waals surface area contributed by atoms with Crippen LogP contribution in [0.1, 0.15) is 77.6 Å². The number of benzene rings is 2. The molecule has 0 radical (unpaired) electrons. The van der Waals surface area contributed by atoms with Gasteiger partial charge in [-0.25, -0.2) is 0 Å². The Balaban J connectivity index is 1.42. The van der Waals surface area contributed by atoms with Crippen LogP contribution in [-0.4, -0.2) is 17.4 Å². The average Bonchev–Trinajstić information content (AvgIpc) is 3.86. The summed E-state index contributed by atoms with van der Waals surface area (Å²) in [6, 6.07) is 25.2. The van der Waals surface area contributed by atoms with Crippen LogP contribution in [0.15, 0.2) is 122 Å². The van der Waals surface area contributed by atoms with Gasteiger partial charge in [-0.2, -0.15) is 0 Å². The molecule has 7 rings (SSSR count). The Labute approximate surface area is 286 Å². The normalized spacial score (nSPS) is 14.1. The van der Waals surface area contributed by atoms with Crippen molar-refractivity contribution in [3.63, 3.8) is 0 Å². The summed E-state index contributed by atoms with van der Waals surface area (Å²) in [4.78, 5) is 0. The summed E-state index contributed by atoms with van der Waals surface area (Å²) in [5, 5.41) is 0. The van der Waals surface area contributed by atoms with E-state index in [-0.39, 0.29) is 10.8 Å². The van der Waals surface area contributed by atoms with Gasteiger partial charge in [0.2, 0.25) is 0 Å². The zero-order valence-electron chi connectivity index (χ0n) is 29.0. The Morgan fingerprint density at radius 1 is 0.500 bits per heavy atom. The van der Waals surface area contributed by atoms with Crippen LogP contribution in [0.3, 0.4) is 0 Å². The molecule has 7 nitrogen and oxygen atoms in total. The lowest BCUT2D eigenvalue weighted by Crippen LogP contribution is -2.27. The third kappa shape index (κ3) is 5.99. The first-order chi connectivity index (χ1) is 22.8. The van der Waals surface area contributed by atoms with Gasteiger partial charge in [0.1, 0.15) is 0 Å². The first kappa shape index (κ1) is 32.4. The Kier molecular flexibility index (Phi) is 8.13. The van der Waals surface area contributed by atoms with Crippen molar-refractivity contribution in [2.75, 3.05) is 0 Å². The molecule has 0 saturated heterocycles. The highest BCUT2D eigenvalue weighted by atomic mass is 31.2. The van der Waals surface area contributed by atoms with Crippen LogP contribution >= 0.6 is 16.9 Å². The zero-order valence-corrected chi connectivity index (χ0v) is 30.7. The Hall–Kier alpha value is -4.18. The Morgan fingerprint density at radius 2 is 0.792 bits per heavy atom. The summed E-state index contributed by atoms with van der Waals surface area (Å²) in [6.45, 7) is 18.1. The lowest BCUT2D eigenvalue weighted by atomic mass is 9.72. The maximum Gasteiger partial charge on any atom is 0.317 e. The number of hydrogen-bond donors (Lipinski definition) is 0. The predicted molar refractivity (Wildman–Crippen MR) is 197 cm³/mol. The second-order valence-corrected chi connectivity index (χ2v) is 18.1. The fourth-order valence-electron chi connectivity index (χ4n) is 5.95. The van der Waals surface area contributed by atoms with E-state index in [4.69, 9.17) is 13.8 Å². The van der Waals surface area contributed by atoms with Crippen LogP contribution in [0.5, 0.6) is 23.0 Å². The molecule has 2 aromatic carbocycles. The van der Waals surface area contributed by atoms with E-state index in [1.807, 2.05) is 48.5 Å². The van der Waals surface area contributed by atoms with Gasteiger partial charge in [-0.1, -0.05) is 67.5 Å². The summed E-state index contributed by atoms with van der Waals surface area (Å²) in [7, 11) is -2.58. The van der Waals surface area contributed by atoms with Gasteiger partial charge in [0, 0.05) is 66.1 Å². The molecule has 4 aromatic heterocycles. The maximum atomic E-state index is 7.12. The van der Waals surface area contributed by atoms with Gasteiger partial charge in [0.05, 0.1) is 0 Å². The van der Waals surface area contributed by atoms with Gasteiger partial charge in [0.15, 0.2) is 23.0 Å². The largest absolute Gasteiger partial charge is 0.449 e. The van der Waals surface area contributed by atoms with E-state index in [1.165, 1.54) is 11.1 Å². The Morgan fingerprint density at radius 3 is 1.06 bits per heavy atom. The molecule has 48 heavy (non-hydrogen) atoms. The van der Waals surface area contributed by atoms with E-state index in [9.17, 15) is 0 Å². The molecule has 1 aliphatic heterocycles. The summed E-state index contributed by atoms with van der Waals surface area (Å²) in [5.41, 5.74) is 3.94. The molecule has 0 aliphatic carbocycles. The van der Waals surface area contributed by atoms with Gasteiger partial charge in [-0.15, -0.1) is 0 Å². The molecule has 248 valence electrons. The fourth-order valence-corrected chi connectivity index (χ4v) is 8.96. The lowest BCUT2D eigenvalue weighted by Gasteiger charge is -2.39.